The summed E-state index contributed by atoms with van der Waals surface area (Å²) in [5.74, 6) is 2.57. The number of hydrogen-bond acceptors (Lipinski definition) is 8. The normalized spacial score (nSPS) is 16.4. The zero-order valence-corrected chi connectivity index (χ0v) is 19.6. The molecule has 0 bridgehead atoms. The molecule has 0 atom stereocenters. The van der Waals surface area contributed by atoms with Gasteiger partial charge in [-0.25, -0.2) is 15.0 Å². The van der Waals surface area contributed by atoms with E-state index in [4.69, 9.17) is 16.7 Å². The number of halogens is 1. The first-order valence-electron chi connectivity index (χ1n) is 11.0. The van der Waals surface area contributed by atoms with Crippen molar-refractivity contribution in [3.63, 3.8) is 0 Å². The fourth-order valence-electron chi connectivity index (χ4n) is 3.89. The molecule has 3 heterocycles. The van der Waals surface area contributed by atoms with Crippen molar-refractivity contribution < 1.29 is 9.90 Å². The Labute approximate surface area is 198 Å². The van der Waals surface area contributed by atoms with E-state index < -0.39 is 0 Å². The SMILES string of the molecule is Cc1nc(NC2=NC=C(C(=O)Nc3c(C)cccc3Cl)C2)cc(N2CCN(CCO)CC2)n1. The molecule has 2 aliphatic rings. The fraction of sp³-hybridized carbons (Fsp3) is 0.391. The number of piperazine rings is 1. The van der Waals surface area contributed by atoms with E-state index in [-0.39, 0.29) is 12.5 Å². The molecule has 1 saturated heterocycles. The molecule has 1 aromatic carbocycles. The predicted molar refractivity (Wildman–Crippen MR) is 131 cm³/mol. The van der Waals surface area contributed by atoms with E-state index >= 15 is 0 Å². The number of carbonyl (C=O) groups excluding carboxylic acids is 1. The van der Waals surface area contributed by atoms with Gasteiger partial charge in [0.2, 0.25) is 0 Å². The van der Waals surface area contributed by atoms with Crippen molar-refractivity contribution in [2.45, 2.75) is 20.3 Å². The molecule has 1 fully saturated rings. The lowest BCUT2D eigenvalue weighted by atomic mass is 10.1. The highest BCUT2D eigenvalue weighted by Gasteiger charge is 2.21. The first-order chi connectivity index (χ1) is 15.9. The van der Waals surface area contributed by atoms with E-state index in [1.165, 1.54) is 0 Å². The summed E-state index contributed by atoms with van der Waals surface area (Å²) < 4.78 is 0. The van der Waals surface area contributed by atoms with Crippen LogP contribution in [0.25, 0.3) is 0 Å². The molecule has 0 spiro atoms. The van der Waals surface area contributed by atoms with Crippen molar-refractivity contribution in [3.8, 4) is 0 Å². The van der Waals surface area contributed by atoms with Gasteiger partial charge in [-0.2, -0.15) is 0 Å². The molecule has 3 N–H and O–H groups in total. The standard InChI is InChI=1S/C23H28ClN7O2/c1-15-4-3-5-18(24)22(15)29-23(33)17-12-19(25-14-17)28-20-13-21(27-16(2)26-20)31-8-6-30(7-9-31)10-11-32/h3-5,13-14,32H,6-12H2,1-2H3,(H,29,33)(H,25,26,27,28). The number of benzene rings is 1. The second-order valence-corrected chi connectivity index (χ2v) is 8.54. The summed E-state index contributed by atoms with van der Waals surface area (Å²) in [5.41, 5.74) is 2.05. The summed E-state index contributed by atoms with van der Waals surface area (Å²) in [6.45, 7) is 8.07. The number of aryl methyl sites for hydroxylation is 2. The molecule has 0 aliphatic carbocycles. The predicted octanol–water partition coefficient (Wildman–Crippen LogP) is 2.60. The topological polar surface area (TPSA) is 106 Å². The number of amides is 1. The molecule has 10 heteroatoms. The van der Waals surface area contributed by atoms with Gasteiger partial charge in [-0.05, 0) is 25.5 Å². The minimum absolute atomic E-state index is 0.175. The number of carbonyl (C=O) groups is 1. The molecular formula is C23H28ClN7O2. The molecule has 4 rings (SSSR count). The van der Waals surface area contributed by atoms with E-state index in [9.17, 15) is 4.79 Å². The number of aliphatic imine (C=N–C) groups is 1. The van der Waals surface area contributed by atoms with Crippen LogP contribution in [0.4, 0.5) is 17.3 Å². The zero-order valence-electron chi connectivity index (χ0n) is 18.8. The number of rotatable bonds is 6. The zero-order chi connectivity index (χ0) is 23.4. The Hall–Kier alpha value is -3.01. The Morgan fingerprint density at radius 3 is 2.70 bits per heavy atom. The third kappa shape index (κ3) is 5.68. The lowest BCUT2D eigenvalue weighted by Crippen LogP contribution is -2.47. The monoisotopic (exact) mass is 469 g/mol. The average molecular weight is 470 g/mol. The van der Waals surface area contributed by atoms with Crippen LogP contribution in [0.3, 0.4) is 0 Å². The molecule has 0 radical (unpaired) electrons. The number of aliphatic hydroxyl groups is 1. The summed E-state index contributed by atoms with van der Waals surface area (Å²) in [6.07, 6.45) is 1.94. The van der Waals surface area contributed by atoms with Crippen LogP contribution in [0.15, 0.2) is 41.0 Å². The van der Waals surface area contributed by atoms with E-state index in [0.29, 0.717) is 46.7 Å². The van der Waals surface area contributed by atoms with Crippen LogP contribution < -0.4 is 15.5 Å². The fourth-order valence-corrected chi connectivity index (χ4v) is 4.16. The number of amidine groups is 1. The first kappa shape index (κ1) is 23.2. The maximum atomic E-state index is 12.7. The van der Waals surface area contributed by atoms with Gasteiger partial charge in [0.05, 0.1) is 17.3 Å². The number of aliphatic hydroxyl groups excluding tert-OH is 1. The van der Waals surface area contributed by atoms with Crippen LogP contribution in [0, 0.1) is 13.8 Å². The highest BCUT2D eigenvalue weighted by molar-refractivity contribution is 6.34. The minimum atomic E-state index is -0.230. The van der Waals surface area contributed by atoms with Crippen LogP contribution in [-0.2, 0) is 4.79 Å². The van der Waals surface area contributed by atoms with Crippen molar-refractivity contribution in [2.24, 2.45) is 4.99 Å². The van der Waals surface area contributed by atoms with Gasteiger partial charge in [-0.15, -0.1) is 0 Å². The third-order valence-corrected chi connectivity index (χ3v) is 6.01. The van der Waals surface area contributed by atoms with E-state index in [0.717, 1.165) is 37.6 Å². The molecule has 2 aromatic rings. The van der Waals surface area contributed by atoms with Gasteiger partial charge >= 0.3 is 0 Å². The van der Waals surface area contributed by atoms with Crippen LogP contribution in [0.2, 0.25) is 5.02 Å². The molecule has 9 nitrogen and oxygen atoms in total. The second kappa shape index (κ2) is 10.3. The molecule has 33 heavy (non-hydrogen) atoms. The molecule has 0 unspecified atom stereocenters. The third-order valence-electron chi connectivity index (χ3n) is 5.70. The van der Waals surface area contributed by atoms with Gasteiger partial charge < -0.3 is 20.6 Å². The summed E-state index contributed by atoms with van der Waals surface area (Å²) in [4.78, 5) is 30.6. The van der Waals surface area contributed by atoms with Crippen molar-refractivity contribution in [1.29, 1.82) is 0 Å². The Balaban J connectivity index is 1.36. The van der Waals surface area contributed by atoms with Gasteiger partial charge in [0.1, 0.15) is 23.3 Å². The van der Waals surface area contributed by atoms with Gasteiger partial charge in [0.25, 0.3) is 5.91 Å². The van der Waals surface area contributed by atoms with Crippen LogP contribution in [0.1, 0.15) is 17.8 Å². The Morgan fingerprint density at radius 1 is 1.18 bits per heavy atom. The first-order valence-corrected chi connectivity index (χ1v) is 11.3. The maximum Gasteiger partial charge on any atom is 0.253 e. The largest absolute Gasteiger partial charge is 0.395 e. The van der Waals surface area contributed by atoms with Crippen molar-refractivity contribution in [2.75, 3.05) is 54.9 Å². The Kier molecular flexibility index (Phi) is 7.22. The smallest absolute Gasteiger partial charge is 0.253 e. The maximum absolute atomic E-state index is 12.7. The Bertz CT molecular complexity index is 1070. The van der Waals surface area contributed by atoms with Crippen molar-refractivity contribution in [1.82, 2.24) is 14.9 Å². The molecule has 174 valence electrons. The molecule has 1 aromatic heterocycles. The van der Waals surface area contributed by atoms with Crippen molar-refractivity contribution >= 4 is 40.7 Å². The lowest BCUT2D eigenvalue weighted by Gasteiger charge is -2.35. The number of β-amino-alcohol motifs (C(OH)–C–C–N with tert-alkyl or cyclic N) is 1. The molecule has 0 saturated carbocycles. The van der Waals surface area contributed by atoms with E-state index in [2.05, 4.69) is 35.4 Å². The summed E-state index contributed by atoms with van der Waals surface area (Å²) in [7, 11) is 0. The second-order valence-electron chi connectivity index (χ2n) is 8.13. The Morgan fingerprint density at radius 2 is 1.97 bits per heavy atom. The highest BCUT2D eigenvalue weighted by atomic mass is 35.5. The van der Waals surface area contributed by atoms with Gasteiger partial charge in [0, 0.05) is 57.0 Å². The number of anilines is 3. The van der Waals surface area contributed by atoms with Crippen LogP contribution in [0.5, 0.6) is 0 Å². The van der Waals surface area contributed by atoms with Crippen LogP contribution in [-0.4, -0.2) is 71.0 Å². The summed E-state index contributed by atoms with van der Waals surface area (Å²) in [6, 6.07) is 7.40. The van der Waals surface area contributed by atoms with Crippen LogP contribution >= 0.6 is 11.6 Å². The van der Waals surface area contributed by atoms with Gasteiger partial charge in [-0.1, -0.05) is 23.7 Å². The molecule has 2 aliphatic heterocycles. The minimum Gasteiger partial charge on any atom is -0.395 e. The molecular weight excluding hydrogens is 442 g/mol. The number of aromatic nitrogens is 2. The summed E-state index contributed by atoms with van der Waals surface area (Å²) >= 11 is 6.23. The van der Waals surface area contributed by atoms with Gasteiger partial charge in [0.15, 0.2) is 0 Å². The van der Waals surface area contributed by atoms with Gasteiger partial charge in [-0.3, -0.25) is 9.69 Å². The highest BCUT2D eigenvalue weighted by Crippen LogP contribution is 2.27. The number of nitrogens with zero attached hydrogens (tertiary/aromatic N) is 5. The van der Waals surface area contributed by atoms with E-state index in [1.807, 2.05) is 32.0 Å². The lowest BCUT2D eigenvalue weighted by molar-refractivity contribution is -0.112. The van der Waals surface area contributed by atoms with E-state index in [1.54, 1.807) is 12.3 Å². The number of para-hydroxylation sites is 1. The number of nitrogens with one attached hydrogen (secondary N) is 2. The quantitative estimate of drug-likeness (QED) is 0.597. The average Bonchev–Trinajstić information content (AvgIpc) is 3.25. The van der Waals surface area contributed by atoms with Crippen molar-refractivity contribution in [3.05, 3.63) is 52.4 Å². The molecule has 1 amide bonds. The summed E-state index contributed by atoms with van der Waals surface area (Å²) in [5, 5.41) is 15.8. The number of hydrogen-bond donors (Lipinski definition) is 3.